The third-order valence-electron chi connectivity index (χ3n) is 4.74. The second-order valence-corrected chi connectivity index (χ2v) is 7.56. The van der Waals surface area contributed by atoms with Gasteiger partial charge in [-0.3, -0.25) is 4.79 Å². The summed E-state index contributed by atoms with van der Waals surface area (Å²) < 4.78 is 5.27. The van der Waals surface area contributed by atoms with E-state index in [4.69, 9.17) is 9.57 Å². The molecule has 2 aliphatic rings. The fourth-order valence-electron chi connectivity index (χ4n) is 3.64. The van der Waals surface area contributed by atoms with Gasteiger partial charge in [0, 0.05) is 5.92 Å². The zero-order valence-electron chi connectivity index (χ0n) is 15.0. The highest BCUT2D eigenvalue weighted by molar-refractivity contribution is 5.94. The van der Waals surface area contributed by atoms with E-state index in [0.717, 1.165) is 18.6 Å². The van der Waals surface area contributed by atoms with Crippen molar-refractivity contribution in [2.75, 3.05) is 0 Å². The van der Waals surface area contributed by atoms with E-state index in [1.165, 1.54) is 0 Å². The Morgan fingerprint density at radius 2 is 2.00 bits per heavy atom. The SMILES string of the molecule is CCC(CC)C1=NO[C@@H]2[C@H]1[C@H](C(=O)O)C[C@H]2NC(=O)OC(C)(C)C. The molecule has 4 atom stereocenters. The summed E-state index contributed by atoms with van der Waals surface area (Å²) in [5, 5.41) is 16.5. The molecule has 0 saturated heterocycles. The van der Waals surface area contributed by atoms with Crippen LogP contribution in [0.4, 0.5) is 4.79 Å². The molecule has 0 aromatic carbocycles. The molecular formula is C17H28N2O5. The number of amides is 1. The highest BCUT2D eigenvalue weighted by atomic mass is 16.6. The summed E-state index contributed by atoms with van der Waals surface area (Å²) in [5.74, 6) is -1.55. The van der Waals surface area contributed by atoms with Crippen molar-refractivity contribution in [3.63, 3.8) is 0 Å². The van der Waals surface area contributed by atoms with Gasteiger partial charge in [0.15, 0.2) is 6.10 Å². The van der Waals surface area contributed by atoms with Crippen LogP contribution in [0.25, 0.3) is 0 Å². The van der Waals surface area contributed by atoms with Gasteiger partial charge in [0.05, 0.1) is 23.6 Å². The third-order valence-corrected chi connectivity index (χ3v) is 4.74. The van der Waals surface area contributed by atoms with Crippen molar-refractivity contribution >= 4 is 17.8 Å². The lowest BCUT2D eigenvalue weighted by Gasteiger charge is -2.23. The van der Waals surface area contributed by atoms with Gasteiger partial charge in [0.2, 0.25) is 0 Å². The number of nitrogens with one attached hydrogen (secondary N) is 1. The Hall–Kier alpha value is -1.79. The number of alkyl carbamates (subject to hydrolysis) is 1. The van der Waals surface area contributed by atoms with Gasteiger partial charge in [-0.2, -0.15) is 0 Å². The Bertz CT molecular complexity index is 522. The summed E-state index contributed by atoms with van der Waals surface area (Å²) >= 11 is 0. The first-order chi connectivity index (χ1) is 11.2. The quantitative estimate of drug-likeness (QED) is 0.802. The summed E-state index contributed by atoms with van der Waals surface area (Å²) in [4.78, 5) is 29.3. The number of rotatable bonds is 5. The molecule has 1 amide bonds. The van der Waals surface area contributed by atoms with Crippen LogP contribution in [-0.2, 0) is 14.4 Å². The molecule has 0 spiro atoms. The molecule has 0 aromatic rings. The van der Waals surface area contributed by atoms with Crippen LogP contribution in [-0.4, -0.2) is 40.6 Å². The van der Waals surface area contributed by atoms with Crippen LogP contribution in [0, 0.1) is 17.8 Å². The van der Waals surface area contributed by atoms with E-state index in [-0.39, 0.29) is 11.8 Å². The molecule has 1 aliphatic carbocycles. The van der Waals surface area contributed by atoms with Crippen molar-refractivity contribution in [2.45, 2.75) is 71.6 Å². The molecule has 0 radical (unpaired) electrons. The van der Waals surface area contributed by atoms with Gasteiger partial charge >= 0.3 is 12.1 Å². The van der Waals surface area contributed by atoms with Crippen LogP contribution < -0.4 is 5.32 Å². The molecule has 1 fully saturated rings. The number of hydrogen-bond acceptors (Lipinski definition) is 5. The molecule has 1 saturated carbocycles. The lowest BCUT2D eigenvalue weighted by molar-refractivity contribution is -0.142. The summed E-state index contributed by atoms with van der Waals surface area (Å²) in [6.07, 6.45) is 1.10. The van der Waals surface area contributed by atoms with Crippen LogP contribution in [0.3, 0.4) is 0 Å². The smallest absolute Gasteiger partial charge is 0.408 e. The molecule has 24 heavy (non-hydrogen) atoms. The summed E-state index contributed by atoms with van der Waals surface area (Å²) in [6.45, 7) is 9.47. The van der Waals surface area contributed by atoms with Crippen LogP contribution >= 0.6 is 0 Å². The second-order valence-electron chi connectivity index (χ2n) is 7.56. The van der Waals surface area contributed by atoms with Gasteiger partial charge in [-0.25, -0.2) is 4.79 Å². The van der Waals surface area contributed by atoms with Gasteiger partial charge in [0.1, 0.15) is 5.60 Å². The Morgan fingerprint density at radius 1 is 1.38 bits per heavy atom. The normalized spacial score (nSPS) is 29.0. The highest BCUT2D eigenvalue weighted by Gasteiger charge is 2.55. The molecule has 136 valence electrons. The first-order valence-corrected chi connectivity index (χ1v) is 8.63. The van der Waals surface area contributed by atoms with E-state index in [1.807, 2.05) is 0 Å². The number of carbonyl (C=O) groups is 2. The Morgan fingerprint density at radius 3 is 2.50 bits per heavy atom. The van der Waals surface area contributed by atoms with E-state index in [0.29, 0.717) is 6.42 Å². The van der Waals surface area contributed by atoms with Crippen molar-refractivity contribution < 1.29 is 24.3 Å². The number of hydrogen-bond donors (Lipinski definition) is 2. The van der Waals surface area contributed by atoms with E-state index in [1.54, 1.807) is 20.8 Å². The first-order valence-electron chi connectivity index (χ1n) is 8.63. The maximum atomic E-state index is 12.0. The van der Waals surface area contributed by atoms with Gasteiger partial charge < -0.3 is 20.0 Å². The minimum atomic E-state index is -0.873. The number of carboxylic acid groups (broad SMARTS) is 1. The maximum absolute atomic E-state index is 12.0. The Balaban J connectivity index is 2.14. The molecule has 7 nitrogen and oxygen atoms in total. The number of nitrogens with zero attached hydrogens (tertiary/aromatic N) is 1. The Labute approximate surface area is 142 Å². The number of oxime groups is 1. The molecule has 2 rings (SSSR count). The van der Waals surface area contributed by atoms with Crippen molar-refractivity contribution in [1.82, 2.24) is 5.32 Å². The molecule has 1 heterocycles. The van der Waals surface area contributed by atoms with Crippen LogP contribution in [0.1, 0.15) is 53.9 Å². The van der Waals surface area contributed by atoms with Crippen molar-refractivity contribution in [3.05, 3.63) is 0 Å². The van der Waals surface area contributed by atoms with E-state index < -0.39 is 35.7 Å². The fraction of sp³-hybridized carbons (Fsp3) is 0.824. The zero-order valence-corrected chi connectivity index (χ0v) is 15.0. The van der Waals surface area contributed by atoms with E-state index in [9.17, 15) is 14.7 Å². The highest BCUT2D eigenvalue weighted by Crippen LogP contribution is 2.42. The lowest BCUT2D eigenvalue weighted by Crippen LogP contribution is -2.44. The van der Waals surface area contributed by atoms with E-state index >= 15 is 0 Å². The number of carboxylic acids is 1. The monoisotopic (exact) mass is 340 g/mol. The molecule has 7 heteroatoms. The Kier molecular flexibility index (Phi) is 5.40. The molecule has 1 aliphatic heterocycles. The topological polar surface area (TPSA) is 97.2 Å². The number of fused-ring (bicyclic) bond motifs is 1. The van der Waals surface area contributed by atoms with E-state index in [2.05, 4.69) is 24.3 Å². The second kappa shape index (κ2) is 6.99. The average Bonchev–Trinajstić information content (AvgIpc) is 3.00. The molecular weight excluding hydrogens is 312 g/mol. The van der Waals surface area contributed by atoms with Crippen LogP contribution in [0.5, 0.6) is 0 Å². The predicted molar refractivity (Wildman–Crippen MR) is 88.8 cm³/mol. The molecule has 0 aromatic heterocycles. The summed E-state index contributed by atoms with van der Waals surface area (Å²) in [6, 6.07) is -0.415. The van der Waals surface area contributed by atoms with Gasteiger partial charge in [-0.1, -0.05) is 19.0 Å². The van der Waals surface area contributed by atoms with Crippen molar-refractivity contribution in [3.8, 4) is 0 Å². The summed E-state index contributed by atoms with van der Waals surface area (Å²) in [7, 11) is 0. The molecule has 0 unspecified atom stereocenters. The van der Waals surface area contributed by atoms with Crippen molar-refractivity contribution in [2.24, 2.45) is 22.9 Å². The largest absolute Gasteiger partial charge is 0.481 e. The first kappa shape index (κ1) is 18.5. The third kappa shape index (κ3) is 3.82. The number of ether oxygens (including phenoxy) is 1. The maximum Gasteiger partial charge on any atom is 0.408 e. The summed E-state index contributed by atoms with van der Waals surface area (Å²) in [5.41, 5.74) is 0.216. The lowest BCUT2D eigenvalue weighted by atomic mass is 9.82. The van der Waals surface area contributed by atoms with Crippen molar-refractivity contribution in [1.29, 1.82) is 0 Å². The molecule has 2 N–H and O–H groups in total. The van der Waals surface area contributed by atoms with Gasteiger partial charge in [0.25, 0.3) is 0 Å². The predicted octanol–water partition coefficient (Wildman–Crippen LogP) is 2.79. The van der Waals surface area contributed by atoms with Crippen LogP contribution in [0.15, 0.2) is 5.16 Å². The minimum absolute atomic E-state index is 0.210. The molecule has 0 bridgehead atoms. The fourth-order valence-corrected chi connectivity index (χ4v) is 3.64. The minimum Gasteiger partial charge on any atom is -0.481 e. The van der Waals surface area contributed by atoms with Crippen LogP contribution in [0.2, 0.25) is 0 Å². The standard InChI is InChI=1S/C17H28N2O5/c1-6-9(7-2)13-12-10(15(20)21)8-11(14(12)24-19-13)18-16(22)23-17(3,4)5/h9-12,14H,6-8H2,1-5H3,(H,18,22)(H,20,21)/t10-,11-,12+,14+/m1/s1. The zero-order chi connectivity index (χ0) is 18.1. The number of carbonyl (C=O) groups excluding carboxylic acids is 1. The van der Waals surface area contributed by atoms with Gasteiger partial charge in [-0.05, 0) is 40.0 Å². The average molecular weight is 340 g/mol. The van der Waals surface area contributed by atoms with Gasteiger partial charge in [-0.15, -0.1) is 0 Å². The number of aliphatic carboxylic acids is 1.